The first-order chi connectivity index (χ1) is 19.6. The molecule has 0 radical (unpaired) electrons. The number of alkyl halides is 3. The molecule has 1 aromatic heterocycles. The third-order valence-electron chi connectivity index (χ3n) is 6.68. The molecule has 2 atom stereocenters. The maximum absolute atomic E-state index is 13.6. The van der Waals surface area contributed by atoms with Crippen LogP contribution in [0.2, 0.25) is 0 Å². The van der Waals surface area contributed by atoms with Crippen molar-refractivity contribution in [3.05, 3.63) is 47.9 Å². The van der Waals surface area contributed by atoms with Gasteiger partial charge in [-0.15, -0.1) is 0 Å². The molecule has 2 heterocycles. The second kappa shape index (κ2) is 12.0. The molecule has 0 bridgehead atoms. The van der Waals surface area contributed by atoms with Crippen molar-refractivity contribution in [1.82, 2.24) is 19.2 Å². The Bertz CT molecular complexity index is 1390. The number of nitrogens with zero attached hydrogens (tertiary/aromatic N) is 4. The summed E-state index contributed by atoms with van der Waals surface area (Å²) >= 11 is 0. The summed E-state index contributed by atoms with van der Waals surface area (Å²) in [6.45, 7) is 3.77. The van der Waals surface area contributed by atoms with Gasteiger partial charge in [-0.3, -0.25) is 9.78 Å². The van der Waals surface area contributed by atoms with E-state index < -0.39 is 69.6 Å². The lowest BCUT2D eigenvalue weighted by atomic mass is 10.2. The van der Waals surface area contributed by atoms with Crippen LogP contribution in [-0.2, 0) is 30.5 Å². The molecular weight excluding hydrogens is 581 g/mol. The Morgan fingerprint density at radius 1 is 1.12 bits per heavy atom. The number of rotatable bonds is 9. The van der Waals surface area contributed by atoms with E-state index in [1.165, 1.54) is 11.1 Å². The number of hydrogen-bond acceptors (Lipinski definition) is 9. The predicted octanol–water partition coefficient (Wildman–Crippen LogP) is 3.99. The molecule has 15 heteroatoms. The van der Waals surface area contributed by atoms with Crippen molar-refractivity contribution in [2.45, 2.75) is 74.8 Å². The van der Waals surface area contributed by atoms with Crippen LogP contribution in [-0.4, -0.2) is 84.1 Å². The summed E-state index contributed by atoms with van der Waals surface area (Å²) in [6, 6.07) is 2.34. The zero-order chi connectivity index (χ0) is 30.9. The van der Waals surface area contributed by atoms with Gasteiger partial charge in [-0.05, 0) is 51.8 Å². The predicted molar refractivity (Wildman–Crippen MR) is 142 cm³/mol. The smallest absolute Gasteiger partial charge is 0.416 e. The van der Waals surface area contributed by atoms with Crippen molar-refractivity contribution in [3.8, 4) is 5.88 Å². The number of sulfonamides is 1. The minimum Gasteiger partial charge on any atom is -0.471 e. The van der Waals surface area contributed by atoms with Gasteiger partial charge in [-0.2, -0.15) is 17.5 Å². The third kappa shape index (κ3) is 7.88. The zero-order valence-corrected chi connectivity index (χ0v) is 24.4. The van der Waals surface area contributed by atoms with Gasteiger partial charge in [0, 0.05) is 18.9 Å². The number of carbonyl (C=O) groups is 2. The maximum atomic E-state index is 13.6. The molecule has 2 fully saturated rings. The highest BCUT2D eigenvalue weighted by Gasteiger charge is 2.42. The highest BCUT2D eigenvalue weighted by molar-refractivity contribution is 7.89. The molecule has 2 aromatic rings. The fourth-order valence-corrected chi connectivity index (χ4v) is 5.97. The Morgan fingerprint density at radius 2 is 1.83 bits per heavy atom. The topological polar surface area (TPSA) is 128 Å². The zero-order valence-electron chi connectivity index (χ0n) is 23.6. The first kappa shape index (κ1) is 31.5. The fraction of sp³-hybridized carbons (Fsp3) is 0.556. The van der Waals surface area contributed by atoms with E-state index in [-0.39, 0.29) is 18.8 Å². The van der Waals surface area contributed by atoms with E-state index in [2.05, 4.69) is 14.7 Å². The Morgan fingerprint density at radius 3 is 2.40 bits per heavy atom. The molecule has 0 unspecified atom stereocenters. The van der Waals surface area contributed by atoms with Crippen molar-refractivity contribution < 1.29 is 45.4 Å². The molecule has 0 N–H and O–H groups in total. The number of halogens is 3. The van der Waals surface area contributed by atoms with Gasteiger partial charge in [-0.1, -0.05) is 6.07 Å². The number of amides is 1. The summed E-state index contributed by atoms with van der Waals surface area (Å²) in [6.07, 6.45) is -0.845. The van der Waals surface area contributed by atoms with Crippen molar-refractivity contribution in [3.63, 3.8) is 0 Å². The molecule has 11 nitrogen and oxygen atoms in total. The summed E-state index contributed by atoms with van der Waals surface area (Å²) in [4.78, 5) is 34.7. The Balaban J connectivity index is 1.61. The van der Waals surface area contributed by atoms with Gasteiger partial charge >= 0.3 is 18.2 Å². The van der Waals surface area contributed by atoms with Crippen LogP contribution in [0, 0.1) is 0 Å². The largest absolute Gasteiger partial charge is 0.471 e. The van der Waals surface area contributed by atoms with E-state index >= 15 is 0 Å². The minimum atomic E-state index is -4.79. The van der Waals surface area contributed by atoms with Crippen molar-refractivity contribution >= 4 is 22.1 Å². The lowest BCUT2D eigenvalue weighted by Crippen LogP contribution is -2.48. The maximum Gasteiger partial charge on any atom is 0.416 e. The second-order valence-electron chi connectivity index (χ2n) is 11.2. The van der Waals surface area contributed by atoms with Crippen LogP contribution < -0.4 is 4.74 Å². The van der Waals surface area contributed by atoms with Gasteiger partial charge in [0.15, 0.2) is 0 Å². The number of benzene rings is 1. The number of esters is 1. The first-order valence-corrected chi connectivity index (χ1v) is 14.7. The molecule has 1 saturated heterocycles. The number of ether oxygens (including phenoxy) is 3. The Labute approximate surface area is 242 Å². The lowest BCUT2D eigenvalue weighted by Gasteiger charge is -2.31. The summed E-state index contributed by atoms with van der Waals surface area (Å²) < 4.78 is 84.1. The molecule has 2 aliphatic rings. The molecule has 0 spiro atoms. The van der Waals surface area contributed by atoms with E-state index in [1.807, 2.05) is 0 Å². The van der Waals surface area contributed by atoms with E-state index in [0.29, 0.717) is 16.3 Å². The highest BCUT2D eigenvalue weighted by Crippen LogP contribution is 2.39. The van der Waals surface area contributed by atoms with Crippen LogP contribution >= 0.6 is 0 Å². The standard InChI is InChI=1S/C27H33F3N4O7S/c1-26(2,3)41-25(36)34-15-20(40-23-13-31-22(12-32-23)17-8-9-17)11-19(34)14-33(16-24(35)39-4)42(37,38)21-7-5-6-18(10-21)27(28,29)30/h5-7,10,12-13,17,19-20H,8-9,11,14-16H2,1-4H3/t19-,20+/m0/s1. The molecule has 4 rings (SSSR count). The molecule has 42 heavy (non-hydrogen) atoms. The van der Waals surface area contributed by atoms with Crippen LogP contribution in [0.25, 0.3) is 0 Å². The fourth-order valence-electron chi connectivity index (χ4n) is 4.50. The average molecular weight is 615 g/mol. The third-order valence-corrected chi connectivity index (χ3v) is 8.49. The number of likely N-dealkylation sites (tertiary alicyclic amines) is 1. The van der Waals surface area contributed by atoms with Gasteiger partial charge < -0.3 is 19.1 Å². The molecule has 1 aromatic carbocycles. The molecular formula is C27H33F3N4O7S. The van der Waals surface area contributed by atoms with E-state index in [4.69, 9.17) is 9.47 Å². The van der Waals surface area contributed by atoms with Crippen LogP contribution in [0.4, 0.5) is 18.0 Å². The van der Waals surface area contributed by atoms with Crippen molar-refractivity contribution in [2.75, 3.05) is 26.7 Å². The summed E-state index contributed by atoms with van der Waals surface area (Å²) in [5.41, 5.74) is -1.18. The number of aromatic nitrogens is 2. The molecule has 1 aliphatic carbocycles. The summed E-state index contributed by atoms with van der Waals surface area (Å²) in [5, 5.41) is 0. The van der Waals surface area contributed by atoms with Gasteiger partial charge in [0.2, 0.25) is 15.9 Å². The number of carbonyl (C=O) groups excluding carboxylic acids is 2. The number of methoxy groups -OCH3 is 1. The van der Waals surface area contributed by atoms with Gasteiger partial charge in [0.05, 0.1) is 48.2 Å². The van der Waals surface area contributed by atoms with Crippen LogP contribution in [0.1, 0.15) is 57.2 Å². The second-order valence-corrected chi connectivity index (χ2v) is 13.2. The van der Waals surface area contributed by atoms with Crippen LogP contribution in [0.15, 0.2) is 41.6 Å². The summed E-state index contributed by atoms with van der Waals surface area (Å²) in [7, 11) is -3.60. The highest BCUT2D eigenvalue weighted by atomic mass is 32.2. The van der Waals surface area contributed by atoms with Crippen LogP contribution in [0.5, 0.6) is 5.88 Å². The van der Waals surface area contributed by atoms with Gasteiger partial charge in [0.1, 0.15) is 18.2 Å². The van der Waals surface area contributed by atoms with Crippen LogP contribution in [0.3, 0.4) is 0 Å². The lowest BCUT2D eigenvalue weighted by molar-refractivity contribution is -0.141. The Hall–Kier alpha value is -3.46. The van der Waals surface area contributed by atoms with Gasteiger partial charge in [0.25, 0.3) is 0 Å². The molecule has 1 saturated carbocycles. The molecule has 230 valence electrons. The monoisotopic (exact) mass is 614 g/mol. The van der Waals surface area contributed by atoms with Crippen molar-refractivity contribution in [1.29, 1.82) is 0 Å². The number of hydrogen-bond donors (Lipinski definition) is 0. The minimum absolute atomic E-state index is 0.00130. The van der Waals surface area contributed by atoms with Crippen molar-refractivity contribution in [2.24, 2.45) is 0 Å². The quantitative estimate of drug-likeness (QED) is 0.385. The summed E-state index contributed by atoms with van der Waals surface area (Å²) in [5.74, 6) is -0.326. The average Bonchev–Trinajstić information content (AvgIpc) is 3.68. The Kier molecular flexibility index (Phi) is 9.02. The molecule has 1 amide bonds. The normalized spacial score (nSPS) is 19.6. The van der Waals surface area contributed by atoms with E-state index in [0.717, 1.165) is 43.8 Å². The van der Waals surface area contributed by atoms with Gasteiger partial charge in [-0.25, -0.2) is 18.2 Å². The SMILES string of the molecule is COC(=O)CN(C[C@@H]1C[C@@H](Oc2cnc(C3CC3)cn2)CN1C(=O)OC(C)(C)C)S(=O)(=O)c1cccc(C(F)(F)F)c1. The van der Waals surface area contributed by atoms with E-state index in [1.54, 1.807) is 27.0 Å². The first-order valence-electron chi connectivity index (χ1n) is 13.3. The van der Waals surface area contributed by atoms with E-state index in [9.17, 15) is 31.2 Å². The molecule has 1 aliphatic heterocycles.